The molecule has 0 spiro atoms. The van der Waals surface area contributed by atoms with Crippen molar-refractivity contribution in [2.24, 2.45) is 0 Å². The Balaban J connectivity index is 3.06. The largest absolute Gasteiger partial charge is 0.478 e. The van der Waals surface area contributed by atoms with E-state index in [1.807, 2.05) is 6.92 Å². The smallest absolute Gasteiger partial charge is 0.337 e. The molecule has 2 N–H and O–H groups in total. The van der Waals surface area contributed by atoms with E-state index in [2.05, 4.69) is 18.8 Å². The second-order valence-electron chi connectivity index (χ2n) is 3.58. The lowest BCUT2D eigenvalue weighted by Crippen LogP contribution is -1.98. The summed E-state index contributed by atoms with van der Waals surface area (Å²) in [7, 11) is 0. The lowest BCUT2D eigenvalue weighted by Gasteiger charge is -2.04. The van der Waals surface area contributed by atoms with E-state index in [1.165, 1.54) is 0 Å². The summed E-state index contributed by atoms with van der Waals surface area (Å²) < 4.78 is 0. The molecule has 78 valence electrons. The van der Waals surface area contributed by atoms with Crippen molar-refractivity contribution in [2.75, 3.05) is 0 Å². The molecule has 0 fully saturated rings. The maximum atomic E-state index is 10.9. The molecule has 0 aliphatic carbocycles. The molecule has 1 atom stereocenters. The second-order valence-corrected chi connectivity index (χ2v) is 3.58. The van der Waals surface area contributed by atoms with Crippen LogP contribution in [0.4, 0.5) is 0 Å². The van der Waals surface area contributed by atoms with Crippen LogP contribution in [0.3, 0.4) is 0 Å². The Kier molecular flexibility index (Phi) is 3.33. The topological polar surface area (TPSA) is 53.1 Å². The van der Waals surface area contributed by atoms with Gasteiger partial charge in [0.2, 0.25) is 0 Å². The number of hydrogen-bond donors (Lipinski definition) is 2. The number of aromatic carboxylic acids is 1. The number of hydrogen-bond acceptors (Lipinski definition) is 1. The van der Waals surface area contributed by atoms with E-state index in [0.717, 1.165) is 24.2 Å². The van der Waals surface area contributed by atoms with Crippen LogP contribution in [-0.2, 0) is 6.42 Å². The third-order valence-corrected chi connectivity index (χ3v) is 2.65. The summed E-state index contributed by atoms with van der Waals surface area (Å²) >= 11 is 0. The molecular formula is C11H17NO2. The van der Waals surface area contributed by atoms with Crippen molar-refractivity contribution in [1.29, 1.82) is 0 Å². The SMILES string of the molecule is CCc1[nH]c(C(C)CC)cc1C(=O)O. The van der Waals surface area contributed by atoms with E-state index in [1.54, 1.807) is 6.07 Å². The summed E-state index contributed by atoms with van der Waals surface area (Å²) in [4.78, 5) is 14.1. The van der Waals surface area contributed by atoms with Gasteiger partial charge in [-0.05, 0) is 24.8 Å². The minimum atomic E-state index is -0.840. The molecule has 0 aliphatic heterocycles. The highest BCUT2D eigenvalue weighted by molar-refractivity contribution is 5.89. The van der Waals surface area contributed by atoms with Crippen LogP contribution in [0.1, 0.15) is 54.9 Å². The van der Waals surface area contributed by atoms with Gasteiger partial charge in [0.15, 0.2) is 0 Å². The predicted octanol–water partition coefficient (Wildman–Crippen LogP) is 2.79. The van der Waals surface area contributed by atoms with Gasteiger partial charge in [-0.3, -0.25) is 0 Å². The number of H-pyrrole nitrogens is 1. The van der Waals surface area contributed by atoms with Crippen molar-refractivity contribution in [1.82, 2.24) is 4.98 Å². The molecule has 3 heteroatoms. The first-order valence-corrected chi connectivity index (χ1v) is 5.05. The third kappa shape index (κ3) is 1.97. The summed E-state index contributed by atoms with van der Waals surface area (Å²) in [5.74, 6) is -0.443. The van der Waals surface area contributed by atoms with Crippen LogP contribution < -0.4 is 0 Å². The van der Waals surface area contributed by atoms with Crippen molar-refractivity contribution in [3.63, 3.8) is 0 Å². The maximum Gasteiger partial charge on any atom is 0.337 e. The lowest BCUT2D eigenvalue weighted by molar-refractivity contribution is 0.0696. The van der Waals surface area contributed by atoms with Gasteiger partial charge in [0.05, 0.1) is 5.56 Å². The highest BCUT2D eigenvalue weighted by Crippen LogP contribution is 2.21. The average molecular weight is 195 g/mol. The number of aromatic nitrogens is 1. The highest BCUT2D eigenvalue weighted by Gasteiger charge is 2.15. The maximum absolute atomic E-state index is 10.9. The molecule has 0 radical (unpaired) electrons. The fourth-order valence-electron chi connectivity index (χ4n) is 1.48. The summed E-state index contributed by atoms with van der Waals surface area (Å²) in [6.45, 7) is 6.15. The van der Waals surface area contributed by atoms with Crippen LogP contribution in [0.25, 0.3) is 0 Å². The molecular weight excluding hydrogens is 178 g/mol. The molecule has 1 unspecified atom stereocenters. The van der Waals surface area contributed by atoms with Gasteiger partial charge in [0.25, 0.3) is 0 Å². The molecule has 0 saturated heterocycles. The van der Waals surface area contributed by atoms with Crippen LogP contribution in [0.5, 0.6) is 0 Å². The molecule has 14 heavy (non-hydrogen) atoms. The first-order chi connectivity index (χ1) is 6.60. The first-order valence-electron chi connectivity index (χ1n) is 5.05. The van der Waals surface area contributed by atoms with Crippen molar-refractivity contribution in [3.8, 4) is 0 Å². The lowest BCUT2D eigenvalue weighted by atomic mass is 10.1. The Morgan fingerprint density at radius 3 is 2.57 bits per heavy atom. The third-order valence-electron chi connectivity index (χ3n) is 2.65. The van der Waals surface area contributed by atoms with Crippen molar-refractivity contribution >= 4 is 5.97 Å². The quantitative estimate of drug-likeness (QED) is 0.776. The van der Waals surface area contributed by atoms with Gasteiger partial charge in [0.1, 0.15) is 0 Å². The fraction of sp³-hybridized carbons (Fsp3) is 0.545. The highest BCUT2D eigenvalue weighted by atomic mass is 16.4. The molecule has 1 aromatic rings. The Bertz CT molecular complexity index is 328. The zero-order chi connectivity index (χ0) is 10.7. The van der Waals surface area contributed by atoms with Crippen LogP contribution >= 0.6 is 0 Å². The zero-order valence-electron chi connectivity index (χ0n) is 8.92. The number of carboxylic acids is 1. The van der Waals surface area contributed by atoms with Crippen LogP contribution in [0.15, 0.2) is 6.07 Å². The summed E-state index contributed by atoms with van der Waals surface area (Å²) in [5.41, 5.74) is 2.28. The van der Waals surface area contributed by atoms with Crippen LogP contribution in [0.2, 0.25) is 0 Å². The Morgan fingerprint density at radius 2 is 2.21 bits per heavy atom. The van der Waals surface area contributed by atoms with Gasteiger partial charge in [-0.1, -0.05) is 20.8 Å². The fourth-order valence-corrected chi connectivity index (χ4v) is 1.48. The Morgan fingerprint density at radius 1 is 1.57 bits per heavy atom. The predicted molar refractivity (Wildman–Crippen MR) is 55.8 cm³/mol. The molecule has 0 amide bonds. The standard InChI is InChI=1S/C11H17NO2/c1-4-7(3)10-6-8(11(13)14)9(5-2)12-10/h6-7,12H,4-5H2,1-3H3,(H,13,14). The molecule has 0 bridgehead atoms. The molecule has 1 rings (SSSR count). The average Bonchev–Trinajstić information content (AvgIpc) is 2.60. The first kappa shape index (κ1) is 10.8. The van der Waals surface area contributed by atoms with E-state index < -0.39 is 5.97 Å². The number of carboxylic acid groups (broad SMARTS) is 1. The van der Waals surface area contributed by atoms with E-state index >= 15 is 0 Å². The number of carbonyl (C=O) groups is 1. The van der Waals surface area contributed by atoms with Gasteiger partial charge in [-0.15, -0.1) is 0 Å². The monoisotopic (exact) mass is 195 g/mol. The van der Waals surface area contributed by atoms with Crippen LogP contribution in [-0.4, -0.2) is 16.1 Å². The van der Waals surface area contributed by atoms with Crippen molar-refractivity contribution in [3.05, 3.63) is 23.0 Å². The number of nitrogens with one attached hydrogen (secondary N) is 1. The van der Waals surface area contributed by atoms with E-state index in [4.69, 9.17) is 5.11 Å². The number of aromatic amines is 1. The van der Waals surface area contributed by atoms with E-state index in [9.17, 15) is 4.79 Å². The van der Waals surface area contributed by atoms with Gasteiger partial charge < -0.3 is 10.1 Å². The number of aryl methyl sites for hydroxylation is 1. The summed E-state index contributed by atoms with van der Waals surface area (Å²) in [5, 5.41) is 8.94. The molecule has 0 saturated carbocycles. The number of rotatable bonds is 4. The summed E-state index contributed by atoms with van der Waals surface area (Å²) in [6.07, 6.45) is 1.75. The normalized spacial score (nSPS) is 12.8. The molecule has 3 nitrogen and oxygen atoms in total. The molecule has 1 heterocycles. The molecule has 0 aromatic carbocycles. The van der Waals surface area contributed by atoms with Gasteiger partial charge in [-0.2, -0.15) is 0 Å². The van der Waals surface area contributed by atoms with Gasteiger partial charge in [-0.25, -0.2) is 4.79 Å². The van der Waals surface area contributed by atoms with Crippen molar-refractivity contribution in [2.45, 2.75) is 39.5 Å². The second kappa shape index (κ2) is 4.31. The van der Waals surface area contributed by atoms with E-state index in [0.29, 0.717) is 11.5 Å². The Labute approximate surface area is 84.2 Å². The summed E-state index contributed by atoms with van der Waals surface area (Å²) in [6, 6.07) is 1.76. The Hall–Kier alpha value is -1.25. The minimum Gasteiger partial charge on any atom is -0.478 e. The zero-order valence-corrected chi connectivity index (χ0v) is 8.92. The van der Waals surface area contributed by atoms with Gasteiger partial charge >= 0.3 is 5.97 Å². The van der Waals surface area contributed by atoms with Gasteiger partial charge in [0, 0.05) is 11.4 Å². The molecule has 0 aliphatic rings. The van der Waals surface area contributed by atoms with Crippen LogP contribution in [0, 0.1) is 0 Å². The minimum absolute atomic E-state index is 0.397. The van der Waals surface area contributed by atoms with Crippen molar-refractivity contribution < 1.29 is 9.90 Å². The van der Waals surface area contributed by atoms with E-state index in [-0.39, 0.29) is 0 Å². The molecule has 1 aromatic heterocycles.